The van der Waals surface area contributed by atoms with Crippen LogP contribution in [0.1, 0.15) is 5.56 Å². The molecule has 0 bridgehead atoms. The van der Waals surface area contributed by atoms with E-state index in [1.807, 2.05) is 18.5 Å². The molecule has 15 heavy (non-hydrogen) atoms. The van der Waals surface area contributed by atoms with Crippen LogP contribution >= 0.6 is 11.8 Å². The van der Waals surface area contributed by atoms with Gasteiger partial charge in [0.15, 0.2) is 0 Å². The van der Waals surface area contributed by atoms with Crippen molar-refractivity contribution < 1.29 is 9.53 Å². The van der Waals surface area contributed by atoms with Gasteiger partial charge in [0.2, 0.25) is 5.91 Å². The number of ether oxygens (including phenoxy) is 1. The second kappa shape index (κ2) is 7.36. The number of H-pyrrole nitrogens is 1. The van der Waals surface area contributed by atoms with E-state index in [1.54, 1.807) is 18.9 Å². The molecule has 1 amide bonds. The number of amides is 1. The molecule has 0 saturated heterocycles. The lowest BCUT2D eigenvalue weighted by Crippen LogP contribution is -2.24. The topological polar surface area (TPSA) is 54.1 Å². The number of carbonyl (C=O) groups excluding carboxylic acids is 1. The third kappa shape index (κ3) is 5.49. The molecule has 1 heterocycles. The highest BCUT2D eigenvalue weighted by molar-refractivity contribution is 7.99. The van der Waals surface area contributed by atoms with Gasteiger partial charge in [0, 0.05) is 31.8 Å². The number of thioether (sulfide) groups is 1. The summed E-state index contributed by atoms with van der Waals surface area (Å²) in [6.07, 6.45) is 3.72. The van der Waals surface area contributed by atoms with Crippen LogP contribution in [0.2, 0.25) is 0 Å². The summed E-state index contributed by atoms with van der Waals surface area (Å²) in [5.41, 5.74) is 1.09. The quantitative estimate of drug-likeness (QED) is 0.685. The van der Waals surface area contributed by atoms with E-state index in [0.717, 1.165) is 11.3 Å². The summed E-state index contributed by atoms with van der Waals surface area (Å²) >= 11 is 1.58. The second-order valence-corrected chi connectivity index (χ2v) is 4.15. The van der Waals surface area contributed by atoms with Crippen molar-refractivity contribution in [3.63, 3.8) is 0 Å². The molecule has 0 saturated carbocycles. The van der Waals surface area contributed by atoms with Crippen LogP contribution in [-0.2, 0) is 16.1 Å². The second-order valence-electron chi connectivity index (χ2n) is 3.04. The van der Waals surface area contributed by atoms with E-state index in [1.165, 1.54) is 0 Å². The number of aromatic nitrogens is 1. The molecule has 1 aromatic heterocycles. The first-order valence-electron chi connectivity index (χ1n) is 4.78. The van der Waals surface area contributed by atoms with Gasteiger partial charge in [-0.15, -0.1) is 11.8 Å². The first-order chi connectivity index (χ1) is 7.33. The van der Waals surface area contributed by atoms with Crippen LogP contribution < -0.4 is 5.32 Å². The van der Waals surface area contributed by atoms with E-state index in [-0.39, 0.29) is 5.91 Å². The first-order valence-corrected chi connectivity index (χ1v) is 5.93. The van der Waals surface area contributed by atoms with Crippen molar-refractivity contribution >= 4 is 17.7 Å². The van der Waals surface area contributed by atoms with Crippen molar-refractivity contribution in [2.24, 2.45) is 0 Å². The van der Waals surface area contributed by atoms with Gasteiger partial charge in [0.1, 0.15) is 0 Å². The van der Waals surface area contributed by atoms with Gasteiger partial charge in [0.25, 0.3) is 0 Å². The minimum Gasteiger partial charge on any atom is -0.384 e. The zero-order valence-corrected chi connectivity index (χ0v) is 9.60. The molecule has 5 heteroatoms. The number of hydrogen-bond donors (Lipinski definition) is 2. The Morgan fingerprint density at radius 2 is 2.53 bits per heavy atom. The maximum atomic E-state index is 11.3. The Bertz CT molecular complexity index is 275. The summed E-state index contributed by atoms with van der Waals surface area (Å²) in [6, 6.07) is 1.94. The fraction of sp³-hybridized carbons (Fsp3) is 0.500. The molecule has 0 aromatic carbocycles. The number of hydrogen-bond acceptors (Lipinski definition) is 3. The van der Waals surface area contributed by atoms with Gasteiger partial charge in [-0.25, -0.2) is 0 Å². The first kappa shape index (κ1) is 12.1. The molecule has 84 valence electrons. The van der Waals surface area contributed by atoms with Gasteiger partial charge < -0.3 is 15.0 Å². The molecule has 0 aliphatic heterocycles. The van der Waals surface area contributed by atoms with Crippen LogP contribution in [0.25, 0.3) is 0 Å². The molecule has 0 fully saturated rings. The van der Waals surface area contributed by atoms with Crippen molar-refractivity contribution in [2.45, 2.75) is 6.54 Å². The normalized spacial score (nSPS) is 10.2. The summed E-state index contributed by atoms with van der Waals surface area (Å²) < 4.78 is 4.89. The summed E-state index contributed by atoms with van der Waals surface area (Å²) in [7, 11) is 1.66. The Labute approximate surface area is 93.8 Å². The standard InChI is InChI=1S/C10H16N2O2S/c1-14-4-5-15-8-10(13)12-7-9-2-3-11-6-9/h2-3,6,11H,4-5,7-8H2,1H3,(H,12,13). The number of rotatable bonds is 7. The molecule has 0 radical (unpaired) electrons. The zero-order valence-electron chi connectivity index (χ0n) is 8.79. The minimum absolute atomic E-state index is 0.0669. The fourth-order valence-electron chi connectivity index (χ4n) is 1.03. The number of methoxy groups -OCH3 is 1. The van der Waals surface area contributed by atoms with Crippen LogP contribution in [0.4, 0.5) is 0 Å². The lowest BCUT2D eigenvalue weighted by molar-refractivity contribution is -0.118. The van der Waals surface area contributed by atoms with E-state index in [0.29, 0.717) is 18.9 Å². The van der Waals surface area contributed by atoms with Crippen LogP contribution in [0.3, 0.4) is 0 Å². The lowest BCUT2D eigenvalue weighted by Gasteiger charge is -2.03. The molecule has 0 spiro atoms. The predicted octanol–water partition coefficient (Wildman–Crippen LogP) is 1.01. The SMILES string of the molecule is COCCSCC(=O)NCc1cc[nH]c1. The molecule has 1 rings (SSSR count). The highest BCUT2D eigenvalue weighted by atomic mass is 32.2. The zero-order chi connectivity index (χ0) is 10.9. The summed E-state index contributed by atoms with van der Waals surface area (Å²) in [5, 5.41) is 2.84. The monoisotopic (exact) mass is 228 g/mol. The third-order valence-corrected chi connectivity index (χ3v) is 2.74. The van der Waals surface area contributed by atoms with E-state index in [9.17, 15) is 4.79 Å². The number of aromatic amines is 1. The molecular formula is C10H16N2O2S. The van der Waals surface area contributed by atoms with Crippen molar-refractivity contribution in [1.29, 1.82) is 0 Å². The van der Waals surface area contributed by atoms with Gasteiger partial charge >= 0.3 is 0 Å². The smallest absolute Gasteiger partial charge is 0.230 e. The van der Waals surface area contributed by atoms with E-state index >= 15 is 0 Å². The van der Waals surface area contributed by atoms with Crippen molar-refractivity contribution in [3.05, 3.63) is 24.0 Å². The minimum atomic E-state index is 0.0669. The largest absolute Gasteiger partial charge is 0.384 e. The Balaban J connectivity index is 2.04. The van der Waals surface area contributed by atoms with Crippen molar-refractivity contribution in [2.75, 3.05) is 25.2 Å². The Hall–Kier alpha value is -0.940. The lowest BCUT2D eigenvalue weighted by atomic mass is 10.3. The molecule has 0 atom stereocenters. The van der Waals surface area contributed by atoms with Crippen molar-refractivity contribution in [3.8, 4) is 0 Å². The van der Waals surface area contributed by atoms with Gasteiger partial charge in [-0.3, -0.25) is 4.79 Å². The number of nitrogens with one attached hydrogen (secondary N) is 2. The van der Waals surface area contributed by atoms with E-state index in [4.69, 9.17) is 4.74 Å². The number of carbonyl (C=O) groups is 1. The fourth-order valence-corrected chi connectivity index (χ4v) is 1.74. The average Bonchev–Trinajstić information content (AvgIpc) is 2.74. The molecule has 0 aliphatic rings. The van der Waals surface area contributed by atoms with Crippen LogP contribution in [0, 0.1) is 0 Å². The van der Waals surface area contributed by atoms with Crippen LogP contribution in [-0.4, -0.2) is 36.1 Å². The highest BCUT2D eigenvalue weighted by Crippen LogP contribution is 1.99. The maximum absolute atomic E-state index is 11.3. The summed E-state index contributed by atoms with van der Waals surface area (Å²) in [4.78, 5) is 14.3. The highest BCUT2D eigenvalue weighted by Gasteiger charge is 2.01. The van der Waals surface area contributed by atoms with Gasteiger partial charge in [-0.1, -0.05) is 0 Å². The third-order valence-electron chi connectivity index (χ3n) is 1.82. The molecule has 4 nitrogen and oxygen atoms in total. The molecule has 1 aromatic rings. The molecular weight excluding hydrogens is 212 g/mol. The Morgan fingerprint density at radius 3 is 3.20 bits per heavy atom. The molecule has 0 unspecified atom stereocenters. The average molecular weight is 228 g/mol. The maximum Gasteiger partial charge on any atom is 0.230 e. The molecule has 2 N–H and O–H groups in total. The van der Waals surface area contributed by atoms with E-state index in [2.05, 4.69) is 10.3 Å². The van der Waals surface area contributed by atoms with Gasteiger partial charge in [0.05, 0.1) is 12.4 Å². The van der Waals surface area contributed by atoms with Crippen LogP contribution in [0.15, 0.2) is 18.5 Å². The predicted molar refractivity (Wildman–Crippen MR) is 61.8 cm³/mol. The van der Waals surface area contributed by atoms with Crippen LogP contribution in [0.5, 0.6) is 0 Å². The summed E-state index contributed by atoms with van der Waals surface area (Å²) in [6.45, 7) is 1.28. The summed E-state index contributed by atoms with van der Waals surface area (Å²) in [5.74, 6) is 1.42. The van der Waals surface area contributed by atoms with Gasteiger partial charge in [-0.05, 0) is 11.6 Å². The molecule has 0 aliphatic carbocycles. The van der Waals surface area contributed by atoms with Gasteiger partial charge in [-0.2, -0.15) is 0 Å². The Kier molecular flexibility index (Phi) is 5.96. The Morgan fingerprint density at radius 1 is 1.67 bits per heavy atom. The van der Waals surface area contributed by atoms with E-state index < -0.39 is 0 Å². The van der Waals surface area contributed by atoms with Crippen molar-refractivity contribution in [1.82, 2.24) is 10.3 Å².